The Morgan fingerprint density at radius 2 is 1.80 bits per heavy atom. The average Bonchev–Trinajstić information content (AvgIpc) is 1.60. The third kappa shape index (κ3) is 5.47. The van der Waals surface area contributed by atoms with Crippen LogP contribution in [0, 0.1) is 11.3 Å². The summed E-state index contributed by atoms with van der Waals surface area (Å²) in [7, 11) is 0. The molecule has 0 bridgehead atoms. The number of hydrogen-bond acceptors (Lipinski definition) is 1. The van der Waals surface area contributed by atoms with Crippen LogP contribution < -0.4 is 0 Å². The number of aliphatic hydroxyl groups excluding tert-OH is 1. The van der Waals surface area contributed by atoms with E-state index in [-0.39, 0.29) is 4.11 Å². The summed E-state index contributed by atoms with van der Waals surface area (Å²) < 4.78 is -0.197. The predicted molar refractivity (Wildman–Crippen MR) is 53.3 cm³/mol. The lowest BCUT2D eigenvalue weighted by Gasteiger charge is -2.24. The molecule has 0 aliphatic carbocycles. The van der Waals surface area contributed by atoms with Crippen molar-refractivity contribution in [1.82, 2.24) is 0 Å². The summed E-state index contributed by atoms with van der Waals surface area (Å²) in [6, 6.07) is 0. The van der Waals surface area contributed by atoms with E-state index in [2.05, 4.69) is 50.3 Å². The number of hydrogen-bond donors (Lipinski definition) is 1. The fourth-order valence-electron chi connectivity index (χ4n) is 1.06. The van der Waals surface area contributed by atoms with E-state index in [0.29, 0.717) is 11.3 Å². The Labute approximate surface area is 77.3 Å². The lowest BCUT2D eigenvalue weighted by atomic mass is 9.86. The van der Waals surface area contributed by atoms with Crippen LogP contribution in [0.1, 0.15) is 34.1 Å². The van der Waals surface area contributed by atoms with Crippen LogP contribution in [0.4, 0.5) is 0 Å². The first-order valence-corrected chi connectivity index (χ1v) is 4.89. The SMILES string of the molecule is CC(CC(C)(C)C)C(O)I. The summed E-state index contributed by atoms with van der Waals surface area (Å²) in [6.45, 7) is 8.68. The summed E-state index contributed by atoms with van der Waals surface area (Å²) in [4.78, 5) is 0. The van der Waals surface area contributed by atoms with Crippen molar-refractivity contribution < 1.29 is 5.11 Å². The van der Waals surface area contributed by atoms with Gasteiger partial charge in [-0.1, -0.05) is 50.3 Å². The fraction of sp³-hybridized carbons (Fsp3) is 1.00. The molecule has 1 N–H and O–H groups in total. The third-order valence-corrected chi connectivity index (χ3v) is 2.63. The van der Waals surface area contributed by atoms with E-state index in [1.807, 2.05) is 0 Å². The van der Waals surface area contributed by atoms with Crippen LogP contribution in [-0.2, 0) is 0 Å². The van der Waals surface area contributed by atoms with Gasteiger partial charge in [0.15, 0.2) is 0 Å². The molecule has 0 amide bonds. The maximum atomic E-state index is 9.17. The summed E-state index contributed by atoms with van der Waals surface area (Å²) in [5.74, 6) is 0.403. The first-order valence-electron chi connectivity index (χ1n) is 3.65. The lowest BCUT2D eigenvalue weighted by Crippen LogP contribution is -2.17. The van der Waals surface area contributed by atoms with Crippen molar-refractivity contribution in [3.8, 4) is 0 Å². The highest BCUT2D eigenvalue weighted by atomic mass is 127. The van der Waals surface area contributed by atoms with Gasteiger partial charge in [0.1, 0.15) is 4.11 Å². The molecule has 0 radical (unpaired) electrons. The normalized spacial score (nSPS) is 18.6. The molecule has 0 aliphatic heterocycles. The van der Waals surface area contributed by atoms with Gasteiger partial charge in [0.2, 0.25) is 0 Å². The van der Waals surface area contributed by atoms with Crippen LogP contribution in [0.3, 0.4) is 0 Å². The zero-order valence-electron chi connectivity index (χ0n) is 7.19. The molecule has 10 heavy (non-hydrogen) atoms. The van der Waals surface area contributed by atoms with Crippen LogP contribution in [0.15, 0.2) is 0 Å². The van der Waals surface area contributed by atoms with Gasteiger partial charge in [-0.05, 0) is 17.8 Å². The molecular formula is C8H17IO. The van der Waals surface area contributed by atoms with E-state index in [1.165, 1.54) is 0 Å². The second-order valence-electron chi connectivity index (χ2n) is 4.11. The summed E-state index contributed by atoms with van der Waals surface area (Å²) in [6.07, 6.45) is 1.08. The van der Waals surface area contributed by atoms with E-state index in [1.54, 1.807) is 0 Å². The van der Waals surface area contributed by atoms with E-state index in [9.17, 15) is 5.11 Å². The highest BCUT2D eigenvalue weighted by Gasteiger charge is 2.18. The Morgan fingerprint density at radius 3 is 1.90 bits per heavy atom. The van der Waals surface area contributed by atoms with Crippen molar-refractivity contribution in [3.05, 3.63) is 0 Å². The molecular weight excluding hydrogens is 239 g/mol. The van der Waals surface area contributed by atoms with Gasteiger partial charge in [-0.2, -0.15) is 0 Å². The fourth-order valence-corrected chi connectivity index (χ4v) is 1.32. The molecule has 0 rings (SSSR count). The highest BCUT2D eigenvalue weighted by Crippen LogP contribution is 2.27. The summed E-state index contributed by atoms with van der Waals surface area (Å²) in [5.41, 5.74) is 0.339. The van der Waals surface area contributed by atoms with Crippen LogP contribution in [0.2, 0.25) is 0 Å². The third-order valence-electron chi connectivity index (χ3n) is 1.40. The molecule has 0 aromatic heterocycles. The number of aliphatic hydroxyl groups is 1. The molecule has 0 saturated carbocycles. The highest BCUT2D eigenvalue weighted by molar-refractivity contribution is 14.1. The first-order chi connectivity index (χ1) is 4.33. The molecule has 2 heteroatoms. The zero-order chi connectivity index (χ0) is 8.36. The van der Waals surface area contributed by atoms with Gasteiger partial charge in [-0.3, -0.25) is 0 Å². The molecule has 0 fully saturated rings. The molecule has 62 valence electrons. The standard InChI is InChI=1S/C8H17IO/c1-6(7(9)10)5-8(2,3)4/h6-7,10H,5H2,1-4H3. The van der Waals surface area contributed by atoms with Crippen molar-refractivity contribution >= 4 is 22.6 Å². The molecule has 0 saturated heterocycles. The number of rotatable bonds is 2. The van der Waals surface area contributed by atoms with Crippen LogP contribution in [0.25, 0.3) is 0 Å². The monoisotopic (exact) mass is 256 g/mol. The van der Waals surface area contributed by atoms with Crippen LogP contribution in [-0.4, -0.2) is 9.22 Å². The van der Waals surface area contributed by atoms with Gasteiger partial charge in [-0.15, -0.1) is 0 Å². The Hall–Kier alpha value is 0.690. The van der Waals surface area contributed by atoms with Gasteiger partial charge in [-0.25, -0.2) is 0 Å². The Morgan fingerprint density at radius 1 is 1.40 bits per heavy atom. The second kappa shape index (κ2) is 3.90. The minimum atomic E-state index is -0.197. The topological polar surface area (TPSA) is 20.2 Å². The van der Waals surface area contributed by atoms with Crippen molar-refractivity contribution in [2.45, 2.75) is 38.2 Å². The number of alkyl halides is 1. The molecule has 0 spiro atoms. The molecule has 2 atom stereocenters. The molecule has 0 aliphatic rings. The van der Waals surface area contributed by atoms with Crippen LogP contribution >= 0.6 is 22.6 Å². The lowest BCUT2D eigenvalue weighted by molar-refractivity contribution is 0.175. The zero-order valence-corrected chi connectivity index (χ0v) is 9.34. The molecule has 0 heterocycles. The first kappa shape index (κ1) is 10.7. The summed E-state index contributed by atoms with van der Waals surface area (Å²) in [5, 5.41) is 9.17. The Kier molecular flexibility index (Phi) is 4.17. The van der Waals surface area contributed by atoms with Crippen molar-refractivity contribution in [1.29, 1.82) is 0 Å². The second-order valence-corrected chi connectivity index (χ2v) is 5.39. The maximum absolute atomic E-state index is 9.17. The van der Waals surface area contributed by atoms with Gasteiger partial charge in [0.25, 0.3) is 0 Å². The minimum Gasteiger partial charge on any atom is -0.382 e. The van der Waals surface area contributed by atoms with E-state index < -0.39 is 0 Å². The van der Waals surface area contributed by atoms with E-state index >= 15 is 0 Å². The van der Waals surface area contributed by atoms with Gasteiger partial charge in [0, 0.05) is 0 Å². The van der Waals surface area contributed by atoms with Crippen molar-refractivity contribution in [2.75, 3.05) is 0 Å². The Balaban J connectivity index is 3.68. The smallest absolute Gasteiger partial charge is 0.107 e. The number of halogens is 1. The largest absolute Gasteiger partial charge is 0.382 e. The van der Waals surface area contributed by atoms with Crippen LogP contribution in [0.5, 0.6) is 0 Å². The molecule has 2 unspecified atom stereocenters. The van der Waals surface area contributed by atoms with Gasteiger partial charge < -0.3 is 5.11 Å². The average molecular weight is 256 g/mol. The van der Waals surface area contributed by atoms with E-state index in [4.69, 9.17) is 0 Å². The molecule has 1 nitrogen and oxygen atoms in total. The van der Waals surface area contributed by atoms with E-state index in [0.717, 1.165) is 6.42 Å². The minimum absolute atomic E-state index is 0.197. The molecule has 0 aromatic carbocycles. The molecule has 0 aromatic rings. The van der Waals surface area contributed by atoms with Gasteiger partial charge in [0.05, 0.1) is 0 Å². The quantitative estimate of drug-likeness (QED) is 0.595. The van der Waals surface area contributed by atoms with Crippen molar-refractivity contribution in [3.63, 3.8) is 0 Å². The summed E-state index contributed by atoms with van der Waals surface area (Å²) >= 11 is 2.06. The maximum Gasteiger partial charge on any atom is 0.107 e. The predicted octanol–water partition coefficient (Wildman–Crippen LogP) is 2.81. The van der Waals surface area contributed by atoms with Gasteiger partial charge >= 0.3 is 0 Å². The Bertz CT molecular complexity index is 93.9. The van der Waals surface area contributed by atoms with Crippen molar-refractivity contribution in [2.24, 2.45) is 11.3 Å².